The van der Waals surface area contributed by atoms with Crippen molar-refractivity contribution in [2.24, 2.45) is 7.05 Å². The lowest BCUT2D eigenvalue weighted by Crippen LogP contribution is -2.33. The van der Waals surface area contributed by atoms with Crippen molar-refractivity contribution in [3.8, 4) is 11.5 Å². The number of aryl methyl sites for hydroxylation is 1. The highest BCUT2D eigenvalue weighted by atomic mass is 16.5. The topological polar surface area (TPSA) is 43.7 Å². The van der Waals surface area contributed by atoms with Gasteiger partial charge in [-0.3, -0.25) is 4.79 Å². The van der Waals surface area contributed by atoms with Gasteiger partial charge in [0.2, 0.25) is 0 Å². The molecule has 5 nitrogen and oxygen atoms in total. The SMILES string of the molecule is COc1ccc(C(=O)N(Cc2cccn2C)C2CC2)c(OC)c1. The van der Waals surface area contributed by atoms with E-state index < -0.39 is 0 Å². The van der Waals surface area contributed by atoms with Crippen LogP contribution in [-0.2, 0) is 13.6 Å². The molecule has 1 fully saturated rings. The van der Waals surface area contributed by atoms with Crippen molar-refractivity contribution in [1.82, 2.24) is 9.47 Å². The van der Waals surface area contributed by atoms with E-state index >= 15 is 0 Å². The first-order valence-corrected chi connectivity index (χ1v) is 7.77. The van der Waals surface area contributed by atoms with Crippen LogP contribution in [0, 0.1) is 0 Å². The Hall–Kier alpha value is -2.43. The molecule has 3 rings (SSSR count). The molecule has 23 heavy (non-hydrogen) atoms. The highest BCUT2D eigenvalue weighted by molar-refractivity contribution is 5.97. The van der Waals surface area contributed by atoms with E-state index in [0.29, 0.717) is 29.6 Å². The normalized spacial score (nSPS) is 13.7. The number of benzene rings is 1. The maximum atomic E-state index is 13.0. The summed E-state index contributed by atoms with van der Waals surface area (Å²) in [6.45, 7) is 0.613. The molecule has 5 heteroatoms. The summed E-state index contributed by atoms with van der Waals surface area (Å²) in [5, 5.41) is 0. The average Bonchev–Trinajstić information content (AvgIpc) is 3.34. The van der Waals surface area contributed by atoms with Crippen LogP contribution in [0.1, 0.15) is 28.9 Å². The highest BCUT2D eigenvalue weighted by Crippen LogP contribution is 2.33. The predicted molar refractivity (Wildman–Crippen MR) is 87.9 cm³/mol. The number of ether oxygens (including phenoxy) is 2. The van der Waals surface area contributed by atoms with Crippen LogP contribution in [0.4, 0.5) is 0 Å². The number of carbonyl (C=O) groups excluding carboxylic acids is 1. The largest absolute Gasteiger partial charge is 0.497 e. The fraction of sp³-hybridized carbons (Fsp3) is 0.389. The highest BCUT2D eigenvalue weighted by Gasteiger charge is 2.34. The van der Waals surface area contributed by atoms with Crippen LogP contribution in [0.5, 0.6) is 11.5 Å². The van der Waals surface area contributed by atoms with Crippen molar-refractivity contribution in [1.29, 1.82) is 0 Å². The van der Waals surface area contributed by atoms with Crippen LogP contribution in [-0.4, -0.2) is 35.6 Å². The number of aromatic nitrogens is 1. The van der Waals surface area contributed by atoms with Gasteiger partial charge in [-0.05, 0) is 37.1 Å². The monoisotopic (exact) mass is 314 g/mol. The molecule has 1 aliphatic rings. The van der Waals surface area contributed by atoms with Crippen LogP contribution in [0.25, 0.3) is 0 Å². The maximum Gasteiger partial charge on any atom is 0.258 e. The minimum absolute atomic E-state index is 0.00760. The Balaban J connectivity index is 1.88. The minimum atomic E-state index is 0.00760. The standard InChI is InChI=1S/C18H22N2O3/c1-19-10-4-5-14(19)12-20(13-6-7-13)18(21)16-9-8-15(22-2)11-17(16)23-3/h4-5,8-11,13H,6-7,12H2,1-3H3. The van der Waals surface area contributed by atoms with Crippen molar-refractivity contribution >= 4 is 5.91 Å². The van der Waals surface area contributed by atoms with E-state index in [0.717, 1.165) is 18.5 Å². The van der Waals surface area contributed by atoms with Gasteiger partial charge >= 0.3 is 0 Å². The summed E-state index contributed by atoms with van der Waals surface area (Å²) in [7, 11) is 5.17. The lowest BCUT2D eigenvalue weighted by molar-refractivity contribution is 0.0723. The van der Waals surface area contributed by atoms with Crippen molar-refractivity contribution in [3.63, 3.8) is 0 Å². The van der Waals surface area contributed by atoms with Crippen LogP contribution < -0.4 is 9.47 Å². The zero-order chi connectivity index (χ0) is 16.4. The van der Waals surface area contributed by atoms with Gasteiger partial charge in [-0.25, -0.2) is 0 Å². The third-order valence-electron chi connectivity index (χ3n) is 4.27. The Labute approximate surface area is 136 Å². The molecule has 1 amide bonds. The van der Waals surface area contributed by atoms with Crippen LogP contribution in [0.3, 0.4) is 0 Å². The van der Waals surface area contributed by atoms with Crippen LogP contribution >= 0.6 is 0 Å². The van der Waals surface area contributed by atoms with E-state index in [1.165, 1.54) is 0 Å². The van der Waals surface area contributed by atoms with Gasteiger partial charge in [0, 0.05) is 31.0 Å². The molecule has 2 aromatic rings. The molecule has 0 saturated heterocycles. The van der Waals surface area contributed by atoms with Gasteiger partial charge in [0.05, 0.1) is 26.3 Å². The molecule has 0 radical (unpaired) electrons. The van der Waals surface area contributed by atoms with E-state index in [1.54, 1.807) is 32.4 Å². The Kier molecular flexibility index (Phi) is 4.28. The molecule has 1 saturated carbocycles. The van der Waals surface area contributed by atoms with Crippen molar-refractivity contribution in [2.45, 2.75) is 25.4 Å². The number of carbonyl (C=O) groups is 1. The van der Waals surface area contributed by atoms with Crippen molar-refractivity contribution < 1.29 is 14.3 Å². The number of methoxy groups -OCH3 is 2. The van der Waals surface area contributed by atoms with Gasteiger partial charge in [0.15, 0.2) is 0 Å². The molecule has 1 aliphatic carbocycles. The van der Waals surface area contributed by atoms with Gasteiger partial charge in [-0.1, -0.05) is 0 Å². The predicted octanol–water partition coefficient (Wildman–Crippen LogP) is 2.85. The second-order valence-electron chi connectivity index (χ2n) is 5.84. The van der Waals surface area contributed by atoms with Crippen molar-refractivity contribution in [3.05, 3.63) is 47.8 Å². The van der Waals surface area contributed by atoms with E-state index in [2.05, 4.69) is 0 Å². The van der Waals surface area contributed by atoms with Gasteiger partial charge in [0.1, 0.15) is 11.5 Å². The zero-order valence-electron chi connectivity index (χ0n) is 13.8. The summed E-state index contributed by atoms with van der Waals surface area (Å²) in [5.74, 6) is 1.24. The fourth-order valence-electron chi connectivity index (χ4n) is 2.72. The molecule has 0 unspecified atom stereocenters. The fourth-order valence-corrected chi connectivity index (χ4v) is 2.72. The van der Waals surface area contributed by atoms with Crippen LogP contribution in [0.15, 0.2) is 36.5 Å². The number of amides is 1. The van der Waals surface area contributed by atoms with E-state index in [9.17, 15) is 4.79 Å². The third kappa shape index (κ3) is 3.18. The molecule has 0 atom stereocenters. The smallest absolute Gasteiger partial charge is 0.258 e. The Morgan fingerprint density at radius 2 is 2.04 bits per heavy atom. The zero-order valence-corrected chi connectivity index (χ0v) is 13.8. The summed E-state index contributed by atoms with van der Waals surface area (Å²) in [6, 6.07) is 9.70. The first kappa shape index (κ1) is 15.5. The molecule has 1 aromatic heterocycles. The van der Waals surface area contributed by atoms with Gasteiger partial charge < -0.3 is 18.9 Å². The molecule has 0 bridgehead atoms. The summed E-state index contributed by atoms with van der Waals surface area (Å²) < 4.78 is 12.6. The maximum absolute atomic E-state index is 13.0. The molecule has 0 N–H and O–H groups in total. The summed E-state index contributed by atoms with van der Waals surface area (Å²) in [6.07, 6.45) is 4.13. The van der Waals surface area contributed by atoms with Crippen LogP contribution in [0.2, 0.25) is 0 Å². The first-order chi connectivity index (χ1) is 11.1. The molecule has 122 valence electrons. The summed E-state index contributed by atoms with van der Waals surface area (Å²) >= 11 is 0. The molecule has 0 aliphatic heterocycles. The van der Waals surface area contributed by atoms with E-state index in [1.807, 2.05) is 34.8 Å². The second-order valence-corrected chi connectivity index (χ2v) is 5.84. The second kappa shape index (κ2) is 6.36. The number of hydrogen-bond acceptors (Lipinski definition) is 3. The molecular formula is C18H22N2O3. The van der Waals surface area contributed by atoms with Gasteiger partial charge in [-0.2, -0.15) is 0 Å². The summed E-state index contributed by atoms with van der Waals surface area (Å²) in [4.78, 5) is 15.0. The van der Waals surface area contributed by atoms with E-state index in [-0.39, 0.29) is 5.91 Å². The average molecular weight is 314 g/mol. The Morgan fingerprint density at radius 3 is 2.61 bits per heavy atom. The Morgan fingerprint density at radius 1 is 1.26 bits per heavy atom. The number of hydrogen-bond donors (Lipinski definition) is 0. The first-order valence-electron chi connectivity index (χ1n) is 7.77. The minimum Gasteiger partial charge on any atom is -0.497 e. The quantitative estimate of drug-likeness (QED) is 0.823. The lowest BCUT2D eigenvalue weighted by Gasteiger charge is -2.24. The van der Waals surface area contributed by atoms with Gasteiger partial charge in [0.25, 0.3) is 5.91 Å². The number of nitrogens with zero attached hydrogens (tertiary/aromatic N) is 2. The number of rotatable bonds is 6. The van der Waals surface area contributed by atoms with E-state index in [4.69, 9.17) is 9.47 Å². The summed E-state index contributed by atoms with van der Waals surface area (Å²) in [5.41, 5.74) is 1.70. The van der Waals surface area contributed by atoms with Gasteiger partial charge in [-0.15, -0.1) is 0 Å². The molecular weight excluding hydrogens is 292 g/mol. The third-order valence-corrected chi connectivity index (χ3v) is 4.27. The Bertz CT molecular complexity index is 704. The lowest BCUT2D eigenvalue weighted by atomic mass is 10.1. The molecule has 1 aromatic carbocycles. The van der Waals surface area contributed by atoms with Crippen molar-refractivity contribution in [2.75, 3.05) is 14.2 Å². The molecule has 1 heterocycles. The molecule has 0 spiro atoms.